The molecule has 23 heavy (non-hydrogen) atoms. The van der Waals surface area contributed by atoms with Gasteiger partial charge in [-0.2, -0.15) is 0 Å². The molecule has 118 valence electrons. The number of fused-ring (bicyclic) bond motifs is 1. The Bertz CT molecular complexity index is 834. The Morgan fingerprint density at radius 2 is 2.43 bits per heavy atom. The molecule has 0 fully saturated rings. The number of imidazole rings is 1. The number of aryl methyl sites for hydroxylation is 2. The lowest BCUT2D eigenvalue weighted by atomic mass is 10.1. The number of amides is 1. The van der Waals surface area contributed by atoms with Crippen molar-refractivity contribution in [2.24, 2.45) is 0 Å². The molecule has 3 aromatic rings. The van der Waals surface area contributed by atoms with Crippen molar-refractivity contribution in [3.63, 3.8) is 0 Å². The van der Waals surface area contributed by atoms with Crippen molar-refractivity contribution in [3.8, 4) is 10.8 Å². The van der Waals surface area contributed by atoms with Crippen molar-refractivity contribution >= 4 is 17.2 Å². The van der Waals surface area contributed by atoms with Crippen LogP contribution in [-0.4, -0.2) is 26.5 Å². The SMILES string of the molecule is Cc1oc(-c2cccs2)nc1C(=O)N[C@H]1CCc2nccn2C1. The quantitative estimate of drug-likeness (QED) is 0.802. The summed E-state index contributed by atoms with van der Waals surface area (Å²) in [6, 6.07) is 3.95. The van der Waals surface area contributed by atoms with Crippen LogP contribution in [0.4, 0.5) is 0 Å². The van der Waals surface area contributed by atoms with Crippen molar-refractivity contribution in [2.45, 2.75) is 32.4 Å². The predicted molar refractivity (Wildman–Crippen MR) is 86.4 cm³/mol. The highest BCUT2D eigenvalue weighted by Gasteiger charge is 2.24. The molecule has 1 amide bonds. The highest BCUT2D eigenvalue weighted by Crippen LogP contribution is 2.26. The van der Waals surface area contributed by atoms with Gasteiger partial charge in [-0.3, -0.25) is 4.79 Å². The number of aromatic nitrogens is 3. The Labute approximate surface area is 137 Å². The topological polar surface area (TPSA) is 73.0 Å². The number of hydrogen-bond acceptors (Lipinski definition) is 5. The Hall–Kier alpha value is -2.41. The van der Waals surface area contributed by atoms with Gasteiger partial charge in [-0.05, 0) is 24.8 Å². The molecule has 1 aliphatic heterocycles. The first kappa shape index (κ1) is 14.2. The maximum atomic E-state index is 12.5. The number of oxazole rings is 1. The van der Waals surface area contributed by atoms with Crippen molar-refractivity contribution in [1.29, 1.82) is 0 Å². The third-order valence-electron chi connectivity index (χ3n) is 4.01. The second kappa shape index (κ2) is 5.66. The smallest absolute Gasteiger partial charge is 0.273 e. The summed E-state index contributed by atoms with van der Waals surface area (Å²) in [6.45, 7) is 2.52. The molecular formula is C16H16N4O2S. The van der Waals surface area contributed by atoms with Crippen LogP contribution in [0.1, 0.15) is 28.5 Å². The van der Waals surface area contributed by atoms with Crippen LogP contribution in [0.25, 0.3) is 10.8 Å². The van der Waals surface area contributed by atoms with E-state index in [1.165, 1.54) is 0 Å². The molecule has 6 nitrogen and oxygen atoms in total. The molecule has 4 heterocycles. The van der Waals surface area contributed by atoms with E-state index < -0.39 is 0 Å². The molecule has 0 spiro atoms. The fourth-order valence-corrected chi connectivity index (χ4v) is 3.50. The number of hydrogen-bond donors (Lipinski definition) is 1. The highest BCUT2D eigenvalue weighted by atomic mass is 32.1. The average molecular weight is 328 g/mol. The Balaban J connectivity index is 1.50. The highest BCUT2D eigenvalue weighted by molar-refractivity contribution is 7.13. The number of nitrogens with zero attached hydrogens (tertiary/aromatic N) is 3. The van der Waals surface area contributed by atoms with Crippen molar-refractivity contribution < 1.29 is 9.21 Å². The molecule has 0 saturated heterocycles. The van der Waals surface area contributed by atoms with Gasteiger partial charge in [-0.1, -0.05) is 6.07 Å². The second-order valence-electron chi connectivity index (χ2n) is 5.61. The Kier molecular flexibility index (Phi) is 3.49. The van der Waals surface area contributed by atoms with Crippen LogP contribution < -0.4 is 5.32 Å². The van der Waals surface area contributed by atoms with Gasteiger partial charge in [0.15, 0.2) is 5.69 Å². The van der Waals surface area contributed by atoms with Crippen molar-refractivity contribution in [1.82, 2.24) is 19.9 Å². The minimum absolute atomic E-state index is 0.0884. The minimum atomic E-state index is -0.178. The summed E-state index contributed by atoms with van der Waals surface area (Å²) in [4.78, 5) is 22.1. The van der Waals surface area contributed by atoms with Crippen LogP contribution >= 0.6 is 11.3 Å². The first-order valence-electron chi connectivity index (χ1n) is 7.53. The molecule has 0 aliphatic carbocycles. The average Bonchev–Trinajstić information content (AvgIpc) is 3.26. The summed E-state index contributed by atoms with van der Waals surface area (Å²) < 4.78 is 7.72. The number of rotatable bonds is 3. The third-order valence-corrected chi connectivity index (χ3v) is 4.87. The summed E-state index contributed by atoms with van der Waals surface area (Å²) in [7, 11) is 0. The number of carbonyl (C=O) groups is 1. The maximum Gasteiger partial charge on any atom is 0.273 e. The molecule has 0 aromatic carbocycles. The minimum Gasteiger partial charge on any atom is -0.440 e. The predicted octanol–water partition coefficient (Wildman–Crippen LogP) is 2.65. The van der Waals surface area contributed by atoms with Gasteiger partial charge in [0.25, 0.3) is 5.91 Å². The fourth-order valence-electron chi connectivity index (χ4n) is 2.85. The van der Waals surface area contributed by atoms with Gasteiger partial charge < -0.3 is 14.3 Å². The molecule has 0 radical (unpaired) electrons. The van der Waals surface area contributed by atoms with Gasteiger partial charge in [-0.25, -0.2) is 9.97 Å². The molecule has 7 heteroatoms. The standard InChI is InChI=1S/C16H16N4O2S/c1-10-14(19-16(22-10)12-3-2-8-23-12)15(21)18-11-4-5-13-17-6-7-20(13)9-11/h2-3,6-8,11H,4-5,9H2,1H3,(H,18,21)/t11-/m0/s1. The number of nitrogens with one attached hydrogen (secondary N) is 1. The lowest BCUT2D eigenvalue weighted by Gasteiger charge is -2.24. The van der Waals surface area contributed by atoms with Crippen LogP contribution in [0.3, 0.4) is 0 Å². The normalized spacial score (nSPS) is 17.0. The zero-order valence-electron chi connectivity index (χ0n) is 12.7. The summed E-state index contributed by atoms with van der Waals surface area (Å²) in [5, 5.41) is 5.02. The zero-order valence-corrected chi connectivity index (χ0v) is 13.5. The van der Waals surface area contributed by atoms with Gasteiger partial charge in [0, 0.05) is 31.4 Å². The van der Waals surface area contributed by atoms with E-state index in [0.717, 1.165) is 30.1 Å². The number of thiophene rings is 1. The van der Waals surface area contributed by atoms with Gasteiger partial charge >= 0.3 is 0 Å². The van der Waals surface area contributed by atoms with E-state index in [0.29, 0.717) is 17.3 Å². The first-order valence-corrected chi connectivity index (χ1v) is 8.41. The van der Waals surface area contributed by atoms with Crippen LogP contribution in [0.5, 0.6) is 0 Å². The maximum absolute atomic E-state index is 12.5. The molecule has 1 N–H and O–H groups in total. The molecule has 0 unspecified atom stereocenters. The van der Waals surface area contributed by atoms with Crippen LogP contribution in [-0.2, 0) is 13.0 Å². The summed E-state index contributed by atoms with van der Waals surface area (Å²) in [6.07, 6.45) is 5.51. The van der Waals surface area contributed by atoms with Gasteiger partial charge in [0.2, 0.25) is 5.89 Å². The molecule has 3 aromatic heterocycles. The molecular weight excluding hydrogens is 312 g/mol. The Morgan fingerprint density at radius 1 is 1.52 bits per heavy atom. The summed E-state index contributed by atoms with van der Waals surface area (Å²) >= 11 is 1.54. The molecule has 1 aliphatic rings. The third kappa shape index (κ3) is 2.68. The van der Waals surface area contributed by atoms with E-state index in [1.54, 1.807) is 24.5 Å². The van der Waals surface area contributed by atoms with Gasteiger partial charge in [0.1, 0.15) is 11.6 Å². The van der Waals surface area contributed by atoms with Gasteiger partial charge in [-0.15, -0.1) is 11.3 Å². The van der Waals surface area contributed by atoms with E-state index in [1.807, 2.05) is 23.7 Å². The van der Waals surface area contributed by atoms with Crippen LogP contribution in [0, 0.1) is 6.92 Å². The van der Waals surface area contributed by atoms with Crippen molar-refractivity contribution in [2.75, 3.05) is 0 Å². The fraction of sp³-hybridized carbons (Fsp3) is 0.312. The summed E-state index contributed by atoms with van der Waals surface area (Å²) in [5.41, 5.74) is 0.366. The first-order chi connectivity index (χ1) is 11.2. The lowest BCUT2D eigenvalue weighted by molar-refractivity contribution is 0.0921. The Morgan fingerprint density at radius 3 is 3.26 bits per heavy atom. The lowest BCUT2D eigenvalue weighted by Crippen LogP contribution is -2.41. The zero-order chi connectivity index (χ0) is 15.8. The summed E-state index contributed by atoms with van der Waals surface area (Å²) in [5.74, 6) is 1.95. The van der Waals surface area contributed by atoms with E-state index in [-0.39, 0.29) is 11.9 Å². The second-order valence-corrected chi connectivity index (χ2v) is 6.55. The number of carbonyl (C=O) groups excluding carboxylic acids is 1. The van der Waals surface area contributed by atoms with E-state index >= 15 is 0 Å². The molecule has 0 saturated carbocycles. The van der Waals surface area contributed by atoms with Crippen LogP contribution in [0.2, 0.25) is 0 Å². The molecule has 0 bridgehead atoms. The monoisotopic (exact) mass is 328 g/mol. The van der Waals surface area contributed by atoms with Gasteiger partial charge in [0.05, 0.1) is 4.88 Å². The van der Waals surface area contributed by atoms with Crippen LogP contribution in [0.15, 0.2) is 34.3 Å². The van der Waals surface area contributed by atoms with E-state index in [9.17, 15) is 4.79 Å². The van der Waals surface area contributed by atoms with Crippen molar-refractivity contribution in [3.05, 3.63) is 47.2 Å². The largest absolute Gasteiger partial charge is 0.440 e. The van der Waals surface area contributed by atoms with E-state index in [2.05, 4.69) is 19.9 Å². The van der Waals surface area contributed by atoms with E-state index in [4.69, 9.17) is 4.42 Å². The molecule has 1 atom stereocenters. The molecule has 4 rings (SSSR count).